The van der Waals surface area contributed by atoms with E-state index in [0.717, 1.165) is 17.6 Å². The lowest BCUT2D eigenvalue weighted by atomic mass is 10.1. The van der Waals surface area contributed by atoms with Crippen molar-refractivity contribution >= 4 is 41.8 Å². The molecule has 0 fully saturated rings. The Kier molecular flexibility index (Phi) is 7.12. The lowest BCUT2D eigenvalue weighted by Crippen LogP contribution is -2.31. The van der Waals surface area contributed by atoms with E-state index in [9.17, 15) is 4.79 Å². The first kappa shape index (κ1) is 21.8. The number of aromatic nitrogens is 2. The third-order valence-electron chi connectivity index (χ3n) is 4.25. The van der Waals surface area contributed by atoms with Gasteiger partial charge in [0.15, 0.2) is 11.5 Å². The third-order valence-corrected chi connectivity index (χ3v) is 4.25. The lowest BCUT2D eigenvalue weighted by molar-refractivity contribution is 0.0952. The van der Waals surface area contributed by atoms with Crippen LogP contribution < -0.4 is 14.8 Å². The fourth-order valence-corrected chi connectivity index (χ4v) is 2.95. The molecule has 0 atom stereocenters. The largest absolute Gasteiger partial charge is 0.454 e. The number of benzene rings is 2. The fraction of sp³-hybridized carbons (Fsp3) is 0.263. The Morgan fingerprint density at radius 3 is 2.75 bits per heavy atom. The number of carbonyl (C=O) groups excluding carboxylic acids is 1. The van der Waals surface area contributed by atoms with Gasteiger partial charge in [0, 0.05) is 13.1 Å². The number of para-hydroxylation sites is 2. The first-order valence-corrected chi connectivity index (χ1v) is 8.44. The number of aromatic amines is 1. The molecule has 150 valence electrons. The van der Waals surface area contributed by atoms with E-state index < -0.39 is 0 Å². The number of halogens is 2. The van der Waals surface area contributed by atoms with Crippen molar-refractivity contribution in [1.29, 1.82) is 0 Å². The van der Waals surface area contributed by atoms with Crippen molar-refractivity contribution in [2.75, 3.05) is 34.0 Å². The maximum absolute atomic E-state index is 12.5. The molecule has 0 aliphatic carbocycles. The van der Waals surface area contributed by atoms with Gasteiger partial charge in [-0.3, -0.25) is 4.79 Å². The van der Waals surface area contributed by atoms with Crippen molar-refractivity contribution in [1.82, 2.24) is 20.2 Å². The fourth-order valence-electron chi connectivity index (χ4n) is 2.95. The van der Waals surface area contributed by atoms with Crippen LogP contribution in [0, 0.1) is 0 Å². The Hall–Kier alpha value is -2.48. The number of likely N-dealkylation sites (N-methyl/N-ethyl adjacent to an activating group) is 1. The van der Waals surface area contributed by atoms with Gasteiger partial charge in [-0.2, -0.15) is 0 Å². The van der Waals surface area contributed by atoms with Crippen molar-refractivity contribution in [2.24, 2.45) is 0 Å². The summed E-state index contributed by atoms with van der Waals surface area (Å²) < 4.78 is 11.0. The van der Waals surface area contributed by atoms with Crippen LogP contribution in [-0.2, 0) is 0 Å². The van der Waals surface area contributed by atoms with Crippen LogP contribution in [0.5, 0.6) is 11.5 Å². The summed E-state index contributed by atoms with van der Waals surface area (Å²) in [5.41, 5.74) is 2.81. The molecule has 0 saturated heterocycles. The molecule has 1 aliphatic rings. The van der Waals surface area contributed by atoms with Gasteiger partial charge in [-0.05, 0) is 38.4 Å². The number of hydrogen-bond donors (Lipinski definition) is 2. The zero-order valence-electron chi connectivity index (χ0n) is 15.5. The van der Waals surface area contributed by atoms with Crippen molar-refractivity contribution in [3.05, 3.63) is 42.0 Å². The lowest BCUT2D eigenvalue weighted by Gasteiger charge is -2.10. The topological polar surface area (TPSA) is 79.5 Å². The Bertz CT molecular complexity index is 975. The maximum atomic E-state index is 12.5. The van der Waals surface area contributed by atoms with Crippen LogP contribution in [0.1, 0.15) is 10.4 Å². The number of hydrogen-bond acceptors (Lipinski definition) is 5. The number of ether oxygens (including phenoxy) is 2. The molecule has 0 saturated carbocycles. The standard InChI is InChI=1S/C19H20N4O3.2ClH/c1-23(2)10-9-20-19(24)12-5-3-7-14-16(12)22-18(21-14)13-6-4-8-15-17(13)26-11-25-15;;/h3-8H,9-11H2,1-2H3,(H,20,24)(H,21,22);2*1H. The third kappa shape index (κ3) is 4.16. The van der Waals surface area contributed by atoms with E-state index in [1.54, 1.807) is 6.07 Å². The quantitative estimate of drug-likeness (QED) is 0.657. The number of nitrogens with zero attached hydrogens (tertiary/aromatic N) is 2. The summed E-state index contributed by atoms with van der Waals surface area (Å²) in [5.74, 6) is 1.89. The van der Waals surface area contributed by atoms with Crippen LogP contribution in [0.2, 0.25) is 0 Å². The Labute approximate surface area is 175 Å². The molecule has 0 unspecified atom stereocenters. The van der Waals surface area contributed by atoms with E-state index in [1.807, 2.05) is 49.3 Å². The summed E-state index contributed by atoms with van der Waals surface area (Å²) in [6.45, 7) is 1.56. The molecule has 28 heavy (non-hydrogen) atoms. The summed E-state index contributed by atoms with van der Waals surface area (Å²) in [6, 6.07) is 11.2. The van der Waals surface area contributed by atoms with E-state index in [-0.39, 0.29) is 37.5 Å². The number of H-pyrrole nitrogens is 1. The average Bonchev–Trinajstić information content (AvgIpc) is 3.27. The summed E-state index contributed by atoms with van der Waals surface area (Å²) in [5, 5.41) is 2.93. The SMILES string of the molecule is CN(C)CCNC(=O)c1cccc2[nH]c(-c3cccc4c3OCO4)nc12.Cl.Cl. The minimum absolute atomic E-state index is 0. The number of imidazole rings is 1. The Balaban J connectivity index is 0.00000140. The molecule has 7 nitrogen and oxygen atoms in total. The van der Waals surface area contributed by atoms with E-state index >= 15 is 0 Å². The Morgan fingerprint density at radius 1 is 1.18 bits per heavy atom. The highest BCUT2D eigenvalue weighted by Gasteiger charge is 2.21. The van der Waals surface area contributed by atoms with Crippen LogP contribution in [0.25, 0.3) is 22.4 Å². The highest BCUT2D eigenvalue weighted by Crippen LogP contribution is 2.40. The zero-order chi connectivity index (χ0) is 18.1. The van der Waals surface area contributed by atoms with Crippen LogP contribution in [0.4, 0.5) is 0 Å². The molecular formula is C19H22Cl2N4O3. The minimum Gasteiger partial charge on any atom is -0.454 e. The number of fused-ring (bicyclic) bond motifs is 2. The number of carbonyl (C=O) groups is 1. The molecule has 0 bridgehead atoms. The van der Waals surface area contributed by atoms with E-state index in [0.29, 0.717) is 34.9 Å². The van der Waals surface area contributed by atoms with Gasteiger partial charge in [0.2, 0.25) is 6.79 Å². The zero-order valence-corrected chi connectivity index (χ0v) is 17.2. The van der Waals surface area contributed by atoms with E-state index in [2.05, 4.69) is 15.3 Å². The summed E-state index contributed by atoms with van der Waals surface area (Å²) in [7, 11) is 3.94. The van der Waals surface area contributed by atoms with Crippen LogP contribution in [0.3, 0.4) is 0 Å². The smallest absolute Gasteiger partial charge is 0.253 e. The summed E-state index contributed by atoms with van der Waals surface area (Å²) in [4.78, 5) is 22.5. The van der Waals surface area contributed by atoms with Gasteiger partial charge in [0.05, 0.1) is 16.6 Å². The van der Waals surface area contributed by atoms with E-state index in [4.69, 9.17) is 9.47 Å². The summed E-state index contributed by atoms with van der Waals surface area (Å²) >= 11 is 0. The van der Waals surface area contributed by atoms with Gasteiger partial charge < -0.3 is 24.7 Å². The first-order valence-electron chi connectivity index (χ1n) is 8.44. The van der Waals surface area contributed by atoms with Gasteiger partial charge in [0.1, 0.15) is 11.3 Å². The molecular weight excluding hydrogens is 403 g/mol. The molecule has 2 heterocycles. The van der Waals surface area contributed by atoms with Gasteiger partial charge in [-0.1, -0.05) is 12.1 Å². The highest BCUT2D eigenvalue weighted by atomic mass is 35.5. The van der Waals surface area contributed by atoms with Crippen LogP contribution in [0.15, 0.2) is 36.4 Å². The minimum atomic E-state index is -0.131. The second kappa shape index (κ2) is 9.14. The molecule has 4 rings (SSSR count). The van der Waals surface area contributed by atoms with Gasteiger partial charge in [0.25, 0.3) is 5.91 Å². The number of nitrogens with one attached hydrogen (secondary N) is 2. The molecule has 0 spiro atoms. The average molecular weight is 425 g/mol. The predicted octanol–water partition coefficient (Wildman–Crippen LogP) is 3.09. The molecule has 9 heteroatoms. The summed E-state index contributed by atoms with van der Waals surface area (Å²) in [6.07, 6.45) is 0. The second-order valence-electron chi connectivity index (χ2n) is 6.39. The predicted molar refractivity (Wildman–Crippen MR) is 113 cm³/mol. The van der Waals surface area contributed by atoms with Gasteiger partial charge in [-0.25, -0.2) is 4.98 Å². The van der Waals surface area contributed by atoms with Gasteiger partial charge in [-0.15, -0.1) is 24.8 Å². The maximum Gasteiger partial charge on any atom is 0.253 e. The van der Waals surface area contributed by atoms with Crippen molar-refractivity contribution in [3.8, 4) is 22.9 Å². The molecule has 2 aromatic carbocycles. The molecule has 2 N–H and O–H groups in total. The molecule has 1 aliphatic heterocycles. The molecule has 1 aromatic heterocycles. The molecule has 0 radical (unpaired) electrons. The van der Waals surface area contributed by atoms with Crippen molar-refractivity contribution in [2.45, 2.75) is 0 Å². The normalized spacial score (nSPS) is 11.8. The first-order chi connectivity index (χ1) is 12.6. The number of amides is 1. The van der Waals surface area contributed by atoms with Crippen LogP contribution >= 0.6 is 24.8 Å². The molecule has 1 amide bonds. The van der Waals surface area contributed by atoms with Crippen molar-refractivity contribution < 1.29 is 14.3 Å². The highest BCUT2D eigenvalue weighted by molar-refractivity contribution is 6.05. The van der Waals surface area contributed by atoms with E-state index in [1.165, 1.54) is 0 Å². The van der Waals surface area contributed by atoms with Crippen molar-refractivity contribution in [3.63, 3.8) is 0 Å². The molecule has 3 aromatic rings. The number of rotatable bonds is 5. The van der Waals surface area contributed by atoms with Gasteiger partial charge >= 0.3 is 0 Å². The van der Waals surface area contributed by atoms with Crippen LogP contribution in [-0.4, -0.2) is 54.8 Å². The Morgan fingerprint density at radius 2 is 1.96 bits per heavy atom. The monoisotopic (exact) mass is 424 g/mol. The second-order valence-corrected chi connectivity index (χ2v) is 6.39.